The number of aromatic nitrogens is 3. The fourth-order valence-electron chi connectivity index (χ4n) is 1.43. The molecule has 1 amide bonds. The van der Waals surface area contributed by atoms with Crippen molar-refractivity contribution in [3.05, 3.63) is 12.4 Å². The van der Waals surface area contributed by atoms with E-state index in [2.05, 4.69) is 21.3 Å². The summed E-state index contributed by atoms with van der Waals surface area (Å²) in [5.41, 5.74) is -0.135. The second-order valence-corrected chi connectivity index (χ2v) is 5.15. The standard InChI is InChI=1S/C13H14N4O2/c1-5-17-7-14-10-8(11(17)18)6-9(15-10)16-12(19)13(2,3)4/h1,6-7,18H,2-4H3,(H,16,19). The fourth-order valence-corrected chi connectivity index (χ4v) is 1.43. The Morgan fingerprint density at radius 3 is 2.79 bits per heavy atom. The van der Waals surface area contributed by atoms with Gasteiger partial charge in [0.25, 0.3) is 0 Å². The third-order valence-electron chi connectivity index (χ3n) is 2.57. The van der Waals surface area contributed by atoms with Crippen molar-refractivity contribution in [2.45, 2.75) is 20.8 Å². The van der Waals surface area contributed by atoms with Crippen LogP contribution in [0.3, 0.4) is 0 Å². The van der Waals surface area contributed by atoms with Crippen molar-refractivity contribution < 1.29 is 9.90 Å². The molecule has 0 bridgehead atoms. The van der Waals surface area contributed by atoms with Crippen LogP contribution in [-0.4, -0.2) is 25.5 Å². The molecule has 2 aliphatic rings. The van der Waals surface area contributed by atoms with Crippen LogP contribution < -0.4 is 5.32 Å². The highest BCUT2D eigenvalue weighted by Gasteiger charge is 2.24. The van der Waals surface area contributed by atoms with Crippen molar-refractivity contribution in [3.8, 4) is 29.7 Å². The number of anilines is 1. The number of nitrogens with one attached hydrogen (secondary N) is 1. The second-order valence-electron chi connectivity index (χ2n) is 5.15. The molecule has 19 heavy (non-hydrogen) atoms. The molecule has 0 spiro atoms. The molecule has 0 unspecified atom stereocenters. The lowest BCUT2D eigenvalue weighted by Gasteiger charge is -2.16. The lowest BCUT2D eigenvalue weighted by atomic mass is 9.96. The summed E-state index contributed by atoms with van der Waals surface area (Å²) in [6, 6.07) is 3.79. The van der Waals surface area contributed by atoms with Crippen LogP contribution >= 0.6 is 0 Å². The molecule has 0 fully saturated rings. The molecule has 0 saturated heterocycles. The molecule has 0 saturated carbocycles. The minimum atomic E-state index is -0.528. The first-order valence-electron chi connectivity index (χ1n) is 5.68. The lowest BCUT2D eigenvalue weighted by Crippen LogP contribution is -2.27. The summed E-state index contributed by atoms with van der Waals surface area (Å²) >= 11 is 0. The van der Waals surface area contributed by atoms with Gasteiger partial charge in [0.15, 0.2) is 5.82 Å². The molecule has 2 rings (SSSR count). The number of hydrogen-bond donors (Lipinski definition) is 2. The van der Waals surface area contributed by atoms with E-state index >= 15 is 0 Å². The van der Waals surface area contributed by atoms with E-state index < -0.39 is 5.41 Å². The molecule has 98 valence electrons. The normalized spacial score (nSPS) is 11.3. The van der Waals surface area contributed by atoms with Gasteiger partial charge >= 0.3 is 0 Å². The SMILES string of the molecule is C#Cn1cnc2nc(NC(=O)C(C)(C)C)cc-2c1O. The Morgan fingerprint density at radius 1 is 1.53 bits per heavy atom. The van der Waals surface area contributed by atoms with E-state index in [1.54, 1.807) is 20.8 Å². The van der Waals surface area contributed by atoms with Crippen molar-refractivity contribution in [1.82, 2.24) is 14.5 Å². The van der Waals surface area contributed by atoms with Crippen molar-refractivity contribution in [3.63, 3.8) is 0 Å². The van der Waals surface area contributed by atoms with E-state index in [9.17, 15) is 9.90 Å². The van der Waals surface area contributed by atoms with Gasteiger partial charge in [-0.2, -0.15) is 0 Å². The van der Waals surface area contributed by atoms with E-state index in [0.717, 1.165) is 4.57 Å². The molecule has 2 heterocycles. The number of carbonyl (C=O) groups excluding carboxylic acids is 1. The predicted molar refractivity (Wildman–Crippen MR) is 70.6 cm³/mol. The molecular formula is C13H14N4O2. The maximum absolute atomic E-state index is 11.8. The zero-order chi connectivity index (χ0) is 14.2. The number of aromatic hydroxyl groups is 1. The van der Waals surface area contributed by atoms with Gasteiger partial charge in [0.2, 0.25) is 11.8 Å². The van der Waals surface area contributed by atoms with Crippen molar-refractivity contribution >= 4 is 11.7 Å². The number of fused-ring (bicyclic) bond motifs is 1. The van der Waals surface area contributed by atoms with Crippen LogP contribution in [0.2, 0.25) is 0 Å². The molecular weight excluding hydrogens is 244 g/mol. The van der Waals surface area contributed by atoms with E-state index in [1.165, 1.54) is 12.4 Å². The van der Waals surface area contributed by atoms with Crippen LogP contribution in [0.5, 0.6) is 5.88 Å². The molecule has 0 aromatic heterocycles. The first kappa shape index (κ1) is 12.9. The first-order chi connectivity index (χ1) is 8.82. The number of terminal acetylenes is 1. The number of amides is 1. The van der Waals surface area contributed by atoms with Gasteiger partial charge < -0.3 is 10.4 Å². The van der Waals surface area contributed by atoms with Gasteiger partial charge in [0, 0.05) is 11.5 Å². The Kier molecular flexibility index (Phi) is 2.91. The largest absolute Gasteiger partial charge is 0.493 e. The molecule has 0 aliphatic carbocycles. The van der Waals surface area contributed by atoms with Crippen LogP contribution in [0.1, 0.15) is 20.8 Å². The van der Waals surface area contributed by atoms with E-state index in [1.807, 2.05) is 0 Å². The summed E-state index contributed by atoms with van der Waals surface area (Å²) in [6.45, 7) is 5.40. The van der Waals surface area contributed by atoms with Crippen LogP contribution in [0.4, 0.5) is 5.82 Å². The topological polar surface area (TPSA) is 80.0 Å². The zero-order valence-electron chi connectivity index (χ0n) is 10.9. The monoisotopic (exact) mass is 258 g/mol. The average Bonchev–Trinajstić information content (AvgIpc) is 2.72. The maximum atomic E-state index is 11.8. The molecule has 0 radical (unpaired) electrons. The third kappa shape index (κ3) is 2.36. The zero-order valence-corrected chi connectivity index (χ0v) is 10.9. The summed E-state index contributed by atoms with van der Waals surface area (Å²) in [6.07, 6.45) is 6.50. The lowest BCUT2D eigenvalue weighted by molar-refractivity contribution is -0.123. The Labute approximate surface area is 110 Å². The molecule has 6 nitrogen and oxygen atoms in total. The van der Waals surface area contributed by atoms with Crippen LogP contribution in [0.25, 0.3) is 11.4 Å². The van der Waals surface area contributed by atoms with Crippen LogP contribution in [0, 0.1) is 17.9 Å². The molecule has 6 heteroatoms. The van der Waals surface area contributed by atoms with Gasteiger partial charge in [-0.25, -0.2) is 14.5 Å². The van der Waals surface area contributed by atoms with Crippen molar-refractivity contribution in [2.24, 2.45) is 5.41 Å². The smallest absolute Gasteiger partial charge is 0.230 e. The summed E-state index contributed by atoms with van der Waals surface area (Å²) < 4.78 is 1.14. The van der Waals surface area contributed by atoms with Gasteiger partial charge in [-0.15, -0.1) is 0 Å². The van der Waals surface area contributed by atoms with Crippen LogP contribution in [-0.2, 0) is 4.79 Å². The van der Waals surface area contributed by atoms with Crippen LogP contribution in [0.15, 0.2) is 12.4 Å². The number of rotatable bonds is 1. The van der Waals surface area contributed by atoms with Gasteiger partial charge in [0.1, 0.15) is 12.1 Å². The second kappa shape index (κ2) is 4.28. The van der Waals surface area contributed by atoms with E-state index in [0.29, 0.717) is 17.2 Å². The molecule has 2 N–H and O–H groups in total. The Hall–Kier alpha value is -2.55. The minimum Gasteiger partial charge on any atom is -0.493 e. The van der Waals surface area contributed by atoms with E-state index in [-0.39, 0.29) is 11.8 Å². The van der Waals surface area contributed by atoms with Gasteiger partial charge in [-0.3, -0.25) is 4.79 Å². The van der Waals surface area contributed by atoms with E-state index in [4.69, 9.17) is 6.42 Å². The summed E-state index contributed by atoms with van der Waals surface area (Å²) in [5, 5.41) is 12.6. The number of carbonyl (C=O) groups is 1. The minimum absolute atomic E-state index is 0.128. The fraction of sp³-hybridized carbons (Fsp3) is 0.308. The molecule has 0 aromatic carbocycles. The summed E-state index contributed by atoms with van der Waals surface area (Å²) in [7, 11) is 0. The van der Waals surface area contributed by atoms with Gasteiger partial charge in [-0.1, -0.05) is 27.2 Å². The van der Waals surface area contributed by atoms with Gasteiger partial charge in [0.05, 0.1) is 5.56 Å². The van der Waals surface area contributed by atoms with Gasteiger partial charge in [-0.05, 0) is 6.07 Å². The highest BCUT2D eigenvalue weighted by atomic mass is 16.3. The highest BCUT2D eigenvalue weighted by Crippen LogP contribution is 2.31. The van der Waals surface area contributed by atoms with Crippen molar-refractivity contribution in [2.75, 3.05) is 5.32 Å². The molecule has 0 atom stereocenters. The highest BCUT2D eigenvalue weighted by molar-refractivity contribution is 5.94. The number of nitrogens with zero attached hydrogens (tertiary/aromatic N) is 3. The van der Waals surface area contributed by atoms with Crippen molar-refractivity contribution in [1.29, 1.82) is 0 Å². The quantitative estimate of drug-likeness (QED) is 0.760. The summed E-state index contributed by atoms with van der Waals surface area (Å²) in [4.78, 5) is 20.0. The average molecular weight is 258 g/mol. The third-order valence-corrected chi connectivity index (χ3v) is 2.57. The Bertz CT molecular complexity index is 646. The number of hydrogen-bond acceptors (Lipinski definition) is 4. The molecule has 0 aromatic rings. The first-order valence-corrected chi connectivity index (χ1v) is 5.68. The summed E-state index contributed by atoms with van der Waals surface area (Å²) in [5.74, 6) is 0.372. The molecule has 2 aliphatic heterocycles. The maximum Gasteiger partial charge on any atom is 0.230 e. The Balaban J connectivity index is 2.39. The predicted octanol–water partition coefficient (Wildman–Crippen LogP) is 1.51. The Morgan fingerprint density at radius 2 is 2.21 bits per heavy atom.